The molecule has 108 valence electrons. The Morgan fingerprint density at radius 2 is 2.10 bits per heavy atom. The van der Waals surface area contributed by atoms with Gasteiger partial charge in [0.15, 0.2) is 27.0 Å². The topological polar surface area (TPSA) is 105 Å². The molecule has 0 spiro atoms. The van der Waals surface area contributed by atoms with Crippen molar-refractivity contribution in [2.45, 2.75) is 31.5 Å². The maximum Gasteiger partial charge on any atom is 0.194 e. The maximum absolute atomic E-state index is 10.1. The van der Waals surface area contributed by atoms with Crippen molar-refractivity contribution in [3.05, 3.63) is 10.2 Å². The molecule has 0 radical (unpaired) electrons. The number of halogens is 1. The third-order valence-corrected chi connectivity index (χ3v) is 3.86. The van der Waals surface area contributed by atoms with Crippen LogP contribution in [0, 0.1) is 3.83 Å². The molecule has 9 heteroatoms. The number of aromatic nitrogens is 4. The number of rotatable bonds is 2. The molecule has 1 saturated heterocycles. The summed E-state index contributed by atoms with van der Waals surface area (Å²) in [7, 11) is 1.75. The minimum absolute atomic E-state index is 0.447. The van der Waals surface area contributed by atoms with E-state index in [1.807, 2.05) is 22.6 Å². The number of fused-ring (bicyclic) bond motifs is 1. The van der Waals surface area contributed by atoms with Gasteiger partial charge in [0.2, 0.25) is 0 Å². The molecule has 3 N–H and O–H groups in total. The van der Waals surface area contributed by atoms with E-state index in [9.17, 15) is 10.2 Å². The molecule has 4 atom stereocenters. The molecule has 8 nitrogen and oxygen atoms in total. The lowest BCUT2D eigenvalue weighted by Crippen LogP contribution is -2.30. The second-order valence-corrected chi connectivity index (χ2v) is 5.59. The monoisotopic (exact) mass is 391 g/mol. The number of imidazole rings is 1. The molecule has 0 aromatic carbocycles. The van der Waals surface area contributed by atoms with Gasteiger partial charge in [-0.3, -0.25) is 4.57 Å². The van der Waals surface area contributed by atoms with Crippen LogP contribution in [0.15, 0.2) is 6.33 Å². The van der Waals surface area contributed by atoms with Crippen molar-refractivity contribution >= 4 is 39.6 Å². The molecule has 2 aromatic rings. The number of nitrogens with one attached hydrogen (secondary N) is 1. The van der Waals surface area contributed by atoms with Gasteiger partial charge in [-0.25, -0.2) is 15.0 Å². The Kier molecular flexibility index (Phi) is 3.52. The summed E-state index contributed by atoms with van der Waals surface area (Å²) in [5.74, 6) is 0.610. The lowest BCUT2D eigenvalue weighted by molar-refractivity contribution is -0.0299. The summed E-state index contributed by atoms with van der Waals surface area (Å²) in [5, 5.41) is 22.8. The largest absolute Gasteiger partial charge is 0.388 e. The minimum atomic E-state index is -1.02. The highest BCUT2D eigenvalue weighted by Gasteiger charge is 2.42. The van der Waals surface area contributed by atoms with Crippen LogP contribution in [0.3, 0.4) is 0 Å². The summed E-state index contributed by atoms with van der Waals surface area (Å²) in [6, 6.07) is 0. The molecule has 0 amide bonds. The molecule has 0 saturated carbocycles. The van der Waals surface area contributed by atoms with Gasteiger partial charge in [0.1, 0.15) is 12.2 Å². The van der Waals surface area contributed by atoms with Crippen LogP contribution in [-0.4, -0.2) is 55.1 Å². The molecular weight excluding hydrogens is 377 g/mol. The number of hydrogen-bond acceptors (Lipinski definition) is 7. The first-order chi connectivity index (χ1) is 9.52. The Hall–Kier alpha value is -1.04. The van der Waals surface area contributed by atoms with Gasteiger partial charge in [-0.15, -0.1) is 0 Å². The van der Waals surface area contributed by atoms with E-state index >= 15 is 0 Å². The molecule has 20 heavy (non-hydrogen) atoms. The predicted molar refractivity (Wildman–Crippen MR) is 79.2 cm³/mol. The first-order valence-corrected chi connectivity index (χ1v) is 7.20. The van der Waals surface area contributed by atoms with E-state index < -0.39 is 24.5 Å². The van der Waals surface area contributed by atoms with Crippen LogP contribution in [0.25, 0.3) is 11.2 Å². The van der Waals surface area contributed by atoms with Gasteiger partial charge in [0.05, 0.1) is 12.4 Å². The van der Waals surface area contributed by atoms with Gasteiger partial charge in [-0.1, -0.05) is 0 Å². The summed E-state index contributed by atoms with van der Waals surface area (Å²) in [6.07, 6.45) is -1.57. The number of aliphatic hydroxyl groups excluding tert-OH is 2. The maximum atomic E-state index is 10.1. The average molecular weight is 391 g/mol. The smallest absolute Gasteiger partial charge is 0.194 e. The molecule has 1 aliphatic rings. The number of anilines is 1. The van der Waals surface area contributed by atoms with E-state index in [0.717, 1.165) is 0 Å². The Morgan fingerprint density at radius 3 is 2.70 bits per heavy atom. The zero-order chi connectivity index (χ0) is 14.4. The van der Waals surface area contributed by atoms with Crippen molar-refractivity contribution in [2.24, 2.45) is 0 Å². The summed E-state index contributed by atoms with van der Waals surface area (Å²) in [6.45, 7) is 1.71. The van der Waals surface area contributed by atoms with Gasteiger partial charge in [0, 0.05) is 29.6 Å². The van der Waals surface area contributed by atoms with Crippen molar-refractivity contribution < 1.29 is 14.9 Å². The fourth-order valence-corrected chi connectivity index (χ4v) is 2.78. The van der Waals surface area contributed by atoms with E-state index in [1.54, 1.807) is 18.5 Å². The molecule has 3 heterocycles. The Morgan fingerprint density at radius 1 is 1.35 bits per heavy atom. The number of hydrogen-bond donors (Lipinski definition) is 3. The van der Waals surface area contributed by atoms with Crippen molar-refractivity contribution in [2.75, 3.05) is 12.4 Å². The predicted octanol–water partition coefficient (Wildman–Crippen LogP) is 0.112. The fourth-order valence-electron chi connectivity index (χ4n) is 2.31. The van der Waals surface area contributed by atoms with Crippen LogP contribution in [0.2, 0.25) is 0 Å². The Bertz CT molecular complexity index is 648. The molecule has 0 bridgehead atoms. The summed E-state index contributed by atoms with van der Waals surface area (Å²) < 4.78 is 7.77. The summed E-state index contributed by atoms with van der Waals surface area (Å²) in [4.78, 5) is 12.8. The zero-order valence-electron chi connectivity index (χ0n) is 10.9. The van der Waals surface area contributed by atoms with E-state index in [-0.39, 0.29) is 0 Å². The SMILES string of the molecule is CNc1nc(I)nc2c1ncn2[C@@H]1O[C@H](C)[C@@H](O)[C@H]1O. The molecular formula is C11H14IN5O3. The standard InChI is InChI=1S/C11H14IN5O3/c1-4-6(18)7(19)10(20-4)17-3-14-5-8(13-2)15-11(12)16-9(5)17/h3-4,6-7,10,18-19H,1-2H3,(H,13,15,16)/t4-,6-,7-,10-/m1/s1. The number of ether oxygens (including phenoxy) is 1. The van der Waals surface area contributed by atoms with Crippen LogP contribution >= 0.6 is 22.6 Å². The normalized spacial score (nSPS) is 30.1. The molecule has 3 rings (SSSR count). The summed E-state index contributed by atoms with van der Waals surface area (Å²) >= 11 is 2.01. The first-order valence-electron chi connectivity index (χ1n) is 6.12. The average Bonchev–Trinajstić information content (AvgIpc) is 2.94. The van der Waals surface area contributed by atoms with E-state index in [2.05, 4.69) is 20.3 Å². The second kappa shape index (κ2) is 5.06. The highest BCUT2D eigenvalue weighted by molar-refractivity contribution is 14.1. The van der Waals surface area contributed by atoms with E-state index in [0.29, 0.717) is 20.8 Å². The molecule has 0 unspecified atom stereocenters. The van der Waals surface area contributed by atoms with Gasteiger partial charge in [0.25, 0.3) is 0 Å². The lowest BCUT2D eigenvalue weighted by atomic mass is 10.1. The molecule has 1 aliphatic heterocycles. The molecule has 1 fully saturated rings. The third kappa shape index (κ3) is 2.05. The third-order valence-electron chi connectivity index (χ3n) is 3.38. The number of nitrogens with zero attached hydrogens (tertiary/aromatic N) is 4. The first kappa shape index (κ1) is 13.9. The van der Waals surface area contributed by atoms with Crippen LogP contribution in [-0.2, 0) is 4.74 Å². The van der Waals surface area contributed by atoms with Gasteiger partial charge < -0.3 is 20.3 Å². The van der Waals surface area contributed by atoms with E-state index in [1.165, 1.54) is 6.33 Å². The highest BCUT2D eigenvalue weighted by atomic mass is 127. The van der Waals surface area contributed by atoms with E-state index in [4.69, 9.17) is 4.74 Å². The van der Waals surface area contributed by atoms with Gasteiger partial charge in [-0.2, -0.15) is 0 Å². The van der Waals surface area contributed by atoms with Crippen LogP contribution < -0.4 is 5.32 Å². The van der Waals surface area contributed by atoms with Crippen LogP contribution in [0.1, 0.15) is 13.2 Å². The zero-order valence-corrected chi connectivity index (χ0v) is 13.0. The fraction of sp³-hybridized carbons (Fsp3) is 0.545. The van der Waals surface area contributed by atoms with Crippen molar-refractivity contribution in [3.8, 4) is 0 Å². The lowest BCUT2D eigenvalue weighted by Gasteiger charge is -2.16. The van der Waals surface area contributed by atoms with Crippen molar-refractivity contribution in [1.29, 1.82) is 0 Å². The highest BCUT2D eigenvalue weighted by Crippen LogP contribution is 2.32. The summed E-state index contributed by atoms with van der Waals surface area (Å²) in [5.41, 5.74) is 1.15. The van der Waals surface area contributed by atoms with Crippen LogP contribution in [0.5, 0.6) is 0 Å². The Balaban J connectivity index is 2.11. The number of aliphatic hydroxyl groups is 2. The van der Waals surface area contributed by atoms with Gasteiger partial charge in [-0.05, 0) is 6.92 Å². The minimum Gasteiger partial charge on any atom is -0.388 e. The second-order valence-electron chi connectivity index (χ2n) is 4.63. The molecule has 2 aromatic heterocycles. The van der Waals surface area contributed by atoms with Gasteiger partial charge >= 0.3 is 0 Å². The quantitative estimate of drug-likeness (QED) is 0.493. The van der Waals surface area contributed by atoms with Crippen molar-refractivity contribution in [3.63, 3.8) is 0 Å². The Labute approximate surface area is 128 Å². The van der Waals surface area contributed by atoms with Crippen molar-refractivity contribution in [1.82, 2.24) is 19.5 Å². The molecule has 0 aliphatic carbocycles. The van der Waals surface area contributed by atoms with Crippen LogP contribution in [0.4, 0.5) is 5.82 Å².